The second-order valence-electron chi connectivity index (χ2n) is 3.75. The fourth-order valence-corrected chi connectivity index (χ4v) is 3.09. The zero-order chi connectivity index (χ0) is 7.68. The lowest BCUT2D eigenvalue weighted by atomic mass is 10.1. The van der Waals surface area contributed by atoms with E-state index in [2.05, 4.69) is 24.0 Å². The predicted molar refractivity (Wildman–Crippen MR) is 51.1 cm³/mol. The van der Waals surface area contributed by atoms with Crippen molar-refractivity contribution in [3.63, 3.8) is 0 Å². The minimum Gasteiger partial charge on any atom is -0.313 e. The van der Waals surface area contributed by atoms with E-state index in [9.17, 15) is 0 Å². The third-order valence-corrected chi connectivity index (χ3v) is 4.06. The molecule has 2 fully saturated rings. The van der Waals surface area contributed by atoms with Gasteiger partial charge in [0.05, 0.1) is 0 Å². The van der Waals surface area contributed by atoms with Crippen molar-refractivity contribution in [2.24, 2.45) is 5.92 Å². The molecule has 0 bridgehead atoms. The normalized spacial score (nSPS) is 40.1. The van der Waals surface area contributed by atoms with Crippen LogP contribution in [-0.2, 0) is 0 Å². The number of rotatable bonds is 1. The van der Waals surface area contributed by atoms with Gasteiger partial charge in [-0.15, -0.1) is 0 Å². The molecule has 0 aromatic rings. The summed E-state index contributed by atoms with van der Waals surface area (Å²) in [5.74, 6) is 2.38. The van der Waals surface area contributed by atoms with Crippen LogP contribution in [0.25, 0.3) is 0 Å². The zero-order valence-electron chi connectivity index (χ0n) is 7.18. The molecule has 2 aliphatic rings. The summed E-state index contributed by atoms with van der Waals surface area (Å²) in [4.78, 5) is 0. The summed E-state index contributed by atoms with van der Waals surface area (Å²) in [6.45, 7) is 3.63. The lowest BCUT2D eigenvalue weighted by molar-refractivity contribution is 0.468. The molecule has 0 radical (unpaired) electrons. The SMILES string of the molecule is CC1SCCCNC1C1CC1. The van der Waals surface area contributed by atoms with Gasteiger partial charge in [-0.3, -0.25) is 0 Å². The maximum absolute atomic E-state index is 3.67. The van der Waals surface area contributed by atoms with Crippen molar-refractivity contribution in [2.45, 2.75) is 37.5 Å². The Morgan fingerprint density at radius 3 is 2.91 bits per heavy atom. The topological polar surface area (TPSA) is 12.0 Å². The summed E-state index contributed by atoms with van der Waals surface area (Å²) in [5.41, 5.74) is 0. The maximum atomic E-state index is 3.67. The number of hydrogen-bond acceptors (Lipinski definition) is 2. The van der Waals surface area contributed by atoms with Gasteiger partial charge in [0.15, 0.2) is 0 Å². The molecule has 0 spiro atoms. The molecule has 64 valence electrons. The van der Waals surface area contributed by atoms with Crippen LogP contribution < -0.4 is 5.32 Å². The van der Waals surface area contributed by atoms with Crippen molar-refractivity contribution in [1.29, 1.82) is 0 Å². The average Bonchev–Trinajstić information content (AvgIpc) is 2.74. The first-order valence-corrected chi connectivity index (χ1v) is 5.78. The Balaban J connectivity index is 1.91. The van der Waals surface area contributed by atoms with Crippen LogP contribution in [0.2, 0.25) is 0 Å². The third-order valence-electron chi connectivity index (χ3n) is 2.72. The van der Waals surface area contributed by atoms with E-state index in [1.54, 1.807) is 0 Å². The van der Waals surface area contributed by atoms with Crippen molar-refractivity contribution in [3.8, 4) is 0 Å². The van der Waals surface area contributed by atoms with Crippen LogP contribution in [0.1, 0.15) is 26.2 Å². The molecule has 1 saturated heterocycles. The van der Waals surface area contributed by atoms with E-state index in [1.807, 2.05) is 0 Å². The van der Waals surface area contributed by atoms with E-state index in [4.69, 9.17) is 0 Å². The predicted octanol–water partition coefficient (Wildman–Crippen LogP) is 1.88. The molecular formula is C9H17NS. The van der Waals surface area contributed by atoms with Crippen LogP contribution in [0.15, 0.2) is 0 Å². The Kier molecular flexibility index (Phi) is 2.42. The summed E-state index contributed by atoms with van der Waals surface area (Å²) in [7, 11) is 0. The molecular weight excluding hydrogens is 154 g/mol. The average molecular weight is 171 g/mol. The Bertz CT molecular complexity index is 134. The Hall–Kier alpha value is 0.310. The van der Waals surface area contributed by atoms with Gasteiger partial charge < -0.3 is 5.32 Å². The lowest BCUT2D eigenvalue weighted by Gasteiger charge is -2.21. The first-order chi connectivity index (χ1) is 5.38. The van der Waals surface area contributed by atoms with Crippen LogP contribution in [0.3, 0.4) is 0 Å². The largest absolute Gasteiger partial charge is 0.313 e. The second-order valence-corrected chi connectivity index (χ2v) is 5.23. The molecule has 1 aliphatic carbocycles. The highest BCUT2D eigenvalue weighted by Gasteiger charge is 2.35. The molecule has 2 heteroatoms. The van der Waals surface area contributed by atoms with E-state index in [-0.39, 0.29) is 0 Å². The van der Waals surface area contributed by atoms with Gasteiger partial charge in [0, 0.05) is 11.3 Å². The van der Waals surface area contributed by atoms with E-state index >= 15 is 0 Å². The van der Waals surface area contributed by atoms with Crippen LogP contribution in [0, 0.1) is 5.92 Å². The number of hydrogen-bond donors (Lipinski definition) is 1. The Morgan fingerprint density at radius 2 is 2.18 bits per heavy atom. The summed E-state index contributed by atoms with van der Waals surface area (Å²) in [6, 6.07) is 0.836. The fourth-order valence-electron chi connectivity index (χ4n) is 1.89. The molecule has 0 aromatic carbocycles. The summed E-state index contributed by atoms with van der Waals surface area (Å²) in [6.07, 6.45) is 4.31. The first kappa shape index (κ1) is 7.93. The van der Waals surface area contributed by atoms with Gasteiger partial charge in [0.1, 0.15) is 0 Å². The molecule has 1 saturated carbocycles. The monoisotopic (exact) mass is 171 g/mol. The molecule has 2 unspecified atom stereocenters. The molecule has 1 aliphatic heterocycles. The van der Waals surface area contributed by atoms with Crippen LogP contribution in [0.5, 0.6) is 0 Å². The minimum atomic E-state index is 0.836. The Labute approximate surface area is 73.3 Å². The van der Waals surface area contributed by atoms with Gasteiger partial charge >= 0.3 is 0 Å². The Morgan fingerprint density at radius 1 is 1.36 bits per heavy atom. The number of nitrogens with one attached hydrogen (secondary N) is 1. The van der Waals surface area contributed by atoms with Crippen molar-refractivity contribution in [3.05, 3.63) is 0 Å². The van der Waals surface area contributed by atoms with Crippen molar-refractivity contribution in [1.82, 2.24) is 5.32 Å². The molecule has 2 rings (SSSR count). The van der Waals surface area contributed by atoms with Gasteiger partial charge in [0.25, 0.3) is 0 Å². The highest BCUT2D eigenvalue weighted by Crippen LogP contribution is 2.37. The molecule has 2 atom stereocenters. The van der Waals surface area contributed by atoms with Crippen LogP contribution in [-0.4, -0.2) is 23.6 Å². The molecule has 1 nitrogen and oxygen atoms in total. The summed E-state index contributed by atoms with van der Waals surface area (Å²) >= 11 is 2.15. The summed E-state index contributed by atoms with van der Waals surface area (Å²) in [5, 5.41) is 4.52. The van der Waals surface area contributed by atoms with E-state index in [1.165, 1.54) is 31.6 Å². The number of thioether (sulfide) groups is 1. The molecule has 1 heterocycles. The third kappa shape index (κ3) is 1.91. The highest BCUT2D eigenvalue weighted by molar-refractivity contribution is 7.99. The van der Waals surface area contributed by atoms with Crippen LogP contribution in [0.4, 0.5) is 0 Å². The quantitative estimate of drug-likeness (QED) is 0.646. The van der Waals surface area contributed by atoms with Crippen LogP contribution >= 0.6 is 11.8 Å². The molecule has 0 aromatic heterocycles. The van der Waals surface area contributed by atoms with Crippen molar-refractivity contribution >= 4 is 11.8 Å². The first-order valence-electron chi connectivity index (χ1n) is 4.73. The highest BCUT2D eigenvalue weighted by atomic mass is 32.2. The molecule has 0 amide bonds. The van der Waals surface area contributed by atoms with E-state index in [0.717, 1.165) is 17.2 Å². The van der Waals surface area contributed by atoms with E-state index < -0.39 is 0 Å². The maximum Gasteiger partial charge on any atom is 0.0212 e. The molecule has 11 heavy (non-hydrogen) atoms. The second kappa shape index (κ2) is 3.36. The lowest BCUT2D eigenvalue weighted by Crippen LogP contribution is -2.37. The minimum absolute atomic E-state index is 0.836. The van der Waals surface area contributed by atoms with Crippen molar-refractivity contribution < 1.29 is 0 Å². The van der Waals surface area contributed by atoms with Gasteiger partial charge in [0.2, 0.25) is 0 Å². The van der Waals surface area contributed by atoms with Gasteiger partial charge in [-0.1, -0.05) is 6.92 Å². The van der Waals surface area contributed by atoms with Gasteiger partial charge in [-0.25, -0.2) is 0 Å². The zero-order valence-corrected chi connectivity index (χ0v) is 7.99. The summed E-state index contributed by atoms with van der Waals surface area (Å²) < 4.78 is 0. The van der Waals surface area contributed by atoms with Crippen molar-refractivity contribution in [2.75, 3.05) is 12.3 Å². The van der Waals surface area contributed by atoms with Gasteiger partial charge in [-0.2, -0.15) is 11.8 Å². The molecule has 1 N–H and O–H groups in total. The smallest absolute Gasteiger partial charge is 0.0212 e. The van der Waals surface area contributed by atoms with E-state index in [0.29, 0.717) is 0 Å². The van der Waals surface area contributed by atoms with Gasteiger partial charge in [-0.05, 0) is 37.5 Å². The fraction of sp³-hybridized carbons (Fsp3) is 1.00. The standard InChI is InChI=1S/C9H17NS/c1-7-9(8-3-4-8)10-5-2-6-11-7/h7-10H,2-6H2,1H3.